The van der Waals surface area contributed by atoms with E-state index in [1.54, 1.807) is 12.1 Å². The summed E-state index contributed by atoms with van der Waals surface area (Å²) in [4.78, 5) is 0. The van der Waals surface area contributed by atoms with E-state index in [1.165, 1.54) is 0 Å². The smallest absolute Gasteiger partial charge is 0.155 e. The first-order valence-corrected chi connectivity index (χ1v) is 8.86. The third kappa shape index (κ3) is 1.95. The van der Waals surface area contributed by atoms with E-state index in [1.807, 2.05) is 13.0 Å². The Kier molecular flexibility index (Phi) is 3.10. The van der Waals surface area contributed by atoms with Crippen LogP contribution in [-0.2, 0) is 21.7 Å². The van der Waals surface area contributed by atoms with Gasteiger partial charge in [-0.25, -0.2) is 8.42 Å². The van der Waals surface area contributed by atoms with Gasteiger partial charge in [-0.05, 0) is 42.5 Å². The summed E-state index contributed by atoms with van der Waals surface area (Å²) in [5.74, 6) is 0.468. The lowest BCUT2D eigenvalue weighted by Crippen LogP contribution is -2.58. The first kappa shape index (κ1) is 13.9. The van der Waals surface area contributed by atoms with Gasteiger partial charge in [-0.2, -0.15) is 0 Å². The van der Waals surface area contributed by atoms with Crippen molar-refractivity contribution in [2.75, 3.05) is 5.75 Å². The maximum atomic E-state index is 12.5. The molecule has 1 aliphatic heterocycles. The van der Waals surface area contributed by atoms with Gasteiger partial charge in [-0.1, -0.05) is 19.4 Å². The van der Waals surface area contributed by atoms with Crippen LogP contribution in [-0.4, -0.2) is 30.6 Å². The number of rotatable bonds is 0. The van der Waals surface area contributed by atoms with Crippen LogP contribution in [0.25, 0.3) is 0 Å². The maximum Gasteiger partial charge on any atom is 0.155 e. The Bertz CT molecular complexity index is 641. The van der Waals surface area contributed by atoms with Crippen molar-refractivity contribution in [1.82, 2.24) is 0 Å². The zero-order valence-corrected chi connectivity index (χ0v) is 12.5. The van der Waals surface area contributed by atoms with Crippen LogP contribution in [0.2, 0.25) is 0 Å². The van der Waals surface area contributed by atoms with E-state index in [4.69, 9.17) is 5.73 Å². The van der Waals surface area contributed by atoms with Gasteiger partial charge in [0, 0.05) is 11.5 Å². The predicted octanol–water partition coefficient (Wildman–Crippen LogP) is 1.50. The van der Waals surface area contributed by atoms with Crippen LogP contribution in [0.15, 0.2) is 18.2 Å². The van der Waals surface area contributed by atoms with E-state index in [2.05, 4.69) is 0 Å². The van der Waals surface area contributed by atoms with Crippen LogP contribution in [0.5, 0.6) is 5.75 Å². The highest BCUT2D eigenvalue weighted by Crippen LogP contribution is 2.44. The lowest BCUT2D eigenvalue weighted by atomic mass is 9.65. The van der Waals surface area contributed by atoms with Crippen LogP contribution < -0.4 is 5.73 Å². The van der Waals surface area contributed by atoms with Crippen molar-refractivity contribution in [2.24, 2.45) is 5.73 Å². The normalized spacial score (nSPS) is 35.7. The predicted molar refractivity (Wildman–Crippen MR) is 78.6 cm³/mol. The van der Waals surface area contributed by atoms with Crippen LogP contribution in [0.3, 0.4) is 0 Å². The Balaban J connectivity index is 2.21. The Labute approximate surface area is 119 Å². The Morgan fingerprint density at radius 2 is 2.10 bits per heavy atom. The number of fused-ring (bicyclic) bond motifs is 4. The van der Waals surface area contributed by atoms with Crippen molar-refractivity contribution in [3.8, 4) is 5.75 Å². The molecular formula is C15H21NO3S. The summed E-state index contributed by atoms with van der Waals surface area (Å²) in [5.41, 5.74) is 8.04. The average molecular weight is 295 g/mol. The molecule has 1 aromatic carbocycles. The molecule has 2 aliphatic rings. The Morgan fingerprint density at radius 1 is 1.35 bits per heavy atom. The summed E-state index contributed by atoms with van der Waals surface area (Å²) in [5, 5.41) is 9.26. The molecule has 3 rings (SSSR count). The molecule has 1 aliphatic carbocycles. The van der Waals surface area contributed by atoms with Gasteiger partial charge in [0.25, 0.3) is 0 Å². The van der Waals surface area contributed by atoms with E-state index in [0.29, 0.717) is 12.8 Å². The first-order chi connectivity index (χ1) is 9.34. The van der Waals surface area contributed by atoms with E-state index in [-0.39, 0.29) is 16.9 Å². The number of phenols is 1. The number of nitrogens with two attached hydrogens (primary N) is 1. The van der Waals surface area contributed by atoms with Crippen molar-refractivity contribution >= 4 is 9.84 Å². The largest absolute Gasteiger partial charge is 0.508 e. The average Bonchev–Trinajstić information content (AvgIpc) is 2.39. The quantitative estimate of drug-likeness (QED) is 0.760. The molecule has 4 nitrogen and oxygen atoms in total. The van der Waals surface area contributed by atoms with Gasteiger partial charge in [-0.3, -0.25) is 0 Å². The van der Waals surface area contributed by atoms with E-state index >= 15 is 0 Å². The molecule has 0 saturated carbocycles. The van der Waals surface area contributed by atoms with E-state index < -0.39 is 21.1 Å². The number of phenolic OH excluding ortho intramolecular Hbond substituents is 1. The number of aromatic hydroxyl groups is 1. The molecule has 1 heterocycles. The fourth-order valence-electron chi connectivity index (χ4n) is 3.81. The third-order valence-electron chi connectivity index (χ3n) is 5.10. The van der Waals surface area contributed by atoms with Crippen molar-refractivity contribution in [1.29, 1.82) is 0 Å². The molecule has 0 aromatic heterocycles. The van der Waals surface area contributed by atoms with Gasteiger partial charge in [0.2, 0.25) is 0 Å². The first-order valence-electron chi connectivity index (χ1n) is 7.14. The lowest BCUT2D eigenvalue weighted by Gasteiger charge is -2.46. The van der Waals surface area contributed by atoms with Gasteiger partial charge < -0.3 is 10.8 Å². The second kappa shape index (κ2) is 4.46. The molecule has 0 amide bonds. The SMILES string of the molecule is CC12CCCCS(=O)(=O)C(Cc3ccc(O)cc31)C2N. The zero-order chi connectivity index (χ0) is 14.5. The zero-order valence-electron chi connectivity index (χ0n) is 11.7. The Hall–Kier alpha value is -1.07. The fourth-order valence-corrected chi connectivity index (χ4v) is 5.90. The molecule has 3 unspecified atom stereocenters. The van der Waals surface area contributed by atoms with Crippen LogP contribution in [0.1, 0.15) is 37.3 Å². The van der Waals surface area contributed by atoms with Gasteiger partial charge in [0.05, 0.1) is 11.0 Å². The van der Waals surface area contributed by atoms with E-state index in [0.717, 1.165) is 24.0 Å². The van der Waals surface area contributed by atoms with Crippen molar-refractivity contribution in [2.45, 2.75) is 49.3 Å². The summed E-state index contributed by atoms with van der Waals surface area (Å²) in [7, 11) is -3.14. The summed E-state index contributed by atoms with van der Waals surface area (Å²) < 4.78 is 24.9. The number of benzene rings is 1. The molecule has 0 radical (unpaired) electrons. The van der Waals surface area contributed by atoms with Crippen LogP contribution in [0.4, 0.5) is 0 Å². The topological polar surface area (TPSA) is 80.4 Å². The van der Waals surface area contributed by atoms with E-state index in [9.17, 15) is 13.5 Å². The van der Waals surface area contributed by atoms with Gasteiger partial charge in [0.1, 0.15) is 5.75 Å². The van der Waals surface area contributed by atoms with Crippen molar-refractivity contribution < 1.29 is 13.5 Å². The highest BCUT2D eigenvalue weighted by molar-refractivity contribution is 7.92. The molecule has 3 atom stereocenters. The van der Waals surface area contributed by atoms with Crippen molar-refractivity contribution in [3.05, 3.63) is 29.3 Å². The molecule has 0 spiro atoms. The highest BCUT2D eigenvalue weighted by atomic mass is 32.2. The standard InChI is InChI=1S/C15H21NO3S/c1-15-6-2-3-7-20(18,19)13(14(15)16)8-10-4-5-11(17)9-12(10)15/h4-5,9,13-14,17H,2-3,6-8,16H2,1H3. The summed E-state index contributed by atoms with van der Waals surface area (Å²) in [6.45, 7) is 2.04. The minimum Gasteiger partial charge on any atom is -0.508 e. The summed E-state index contributed by atoms with van der Waals surface area (Å²) in [6, 6.07) is 4.84. The van der Waals surface area contributed by atoms with Crippen LogP contribution >= 0.6 is 0 Å². The minimum absolute atomic E-state index is 0.223. The molecular weight excluding hydrogens is 274 g/mol. The molecule has 5 heteroatoms. The van der Waals surface area contributed by atoms with Gasteiger partial charge in [0.15, 0.2) is 9.84 Å². The minimum atomic E-state index is -3.14. The third-order valence-corrected chi connectivity index (χ3v) is 7.34. The molecule has 2 bridgehead atoms. The number of hydrogen-bond donors (Lipinski definition) is 2. The number of sulfone groups is 1. The van der Waals surface area contributed by atoms with Gasteiger partial charge in [-0.15, -0.1) is 0 Å². The molecule has 20 heavy (non-hydrogen) atoms. The molecule has 1 saturated heterocycles. The fraction of sp³-hybridized carbons (Fsp3) is 0.600. The second-order valence-electron chi connectivity index (χ2n) is 6.35. The highest BCUT2D eigenvalue weighted by Gasteiger charge is 2.48. The second-order valence-corrected chi connectivity index (χ2v) is 8.69. The molecule has 3 N–H and O–H groups in total. The lowest BCUT2D eigenvalue weighted by molar-refractivity contribution is 0.297. The number of hydrogen-bond acceptors (Lipinski definition) is 4. The molecule has 110 valence electrons. The van der Waals surface area contributed by atoms with Crippen molar-refractivity contribution in [3.63, 3.8) is 0 Å². The summed E-state index contributed by atoms with van der Waals surface area (Å²) in [6.07, 6.45) is 2.89. The van der Waals surface area contributed by atoms with Crippen LogP contribution in [0, 0.1) is 0 Å². The molecule has 1 fully saturated rings. The summed E-state index contributed by atoms with van der Waals surface area (Å²) >= 11 is 0. The monoisotopic (exact) mass is 295 g/mol. The maximum absolute atomic E-state index is 12.5. The van der Waals surface area contributed by atoms with Gasteiger partial charge >= 0.3 is 0 Å². The Morgan fingerprint density at radius 3 is 2.85 bits per heavy atom. The molecule has 1 aromatic rings.